The third-order valence-electron chi connectivity index (χ3n) is 3.52. The summed E-state index contributed by atoms with van der Waals surface area (Å²) >= 11 is 1.71. The Labute approximate surface area is 139 Å². The Kier molecular flexibility index (Phi) is 5.47. The van der Waals surface area contributed by atoms with Crippen molar-refractivity contribution in [2.24, 2.45) is 0 Å². The van der Waals surface area contributed by atoms with Crippen LogP contribution in [-0.4, -0.2) is 25.1 Å². The number of hydrogen-bond donors (Lipinski definition) is 0. The van der Waals surface area contributed by atoms with E-state index < -0.39 is 0 Å². The van der Waals surface area contributed by atoms with E-state index >= 15 is 0 Å². The van der Waals surface area contributed by atoms with Gasteiger partial charge in [-0.2, -0.15) is 5.10 Å². The molecule has 6 heteroatoms. The van der Waals surface area contributed by atoms with Crippen LogP contribution in [0, 0.1) is 5.82 Å². The van der Waals surface area contributed by atoms with Crippen molar-refractivity contribution in [1.82, 2.24) is 19.3 Å². The predicted octanol–water partition coefficient (Wildman–Crippen LogP) is 4.17. The Balaban J connectivity index is 1.45. The van der Waals surface area contributed by atoms with Gasteiger partial charge < -0.3 is 0 Å². The van der Waals surface area contributed by atoms with E-state index in [9.17, 15) is 4.39 Å². The molecular weight excluding hydrogens is 311 g/mol. The Morgan fingerprint density at radius 3 is 2.83 bits per heavy atom. The van der Waals surface area contributed by atoms with Gasteiger partial charge in [-0.25, -0.2) is 9.37 Å². The maximum atomic E-state index is 13.4. The molecule has 23 heavy (non-hydrogen) atoms. The number of rotatable bonds is 8. The lowest BCUT2D eigenvalue weighted by molar-refractivity contribution is 0.554. The third-order valence-corrected chi connectivity index (χ3v) is 4.57. The zero-order chi connectivity index (χ0) is 15.9. The van der Waals surface area contributed by atoms with Crippen LogP contribution in [0.15, 0.2) is 60.3 Å². The summed E-state index contributed by atoms with van der Waals surface area (Å²) in [6.45, 7) is 0.968. The lowest BCUT2D eigenvalue weighted by atomic mass is 10.2. The van der Waals surface area contributed by atoms with Gasteiger partial charge in [0.05, 0.1) is 5.69 Å². The van der Waals surface area contributed by atoms with Crippen molar-refractivity contribution >= 4 is 11.8 Å². The first-order valence-electron chi connectivity index (χ1n) is 7.72. The summed E-state index contributed by atoms with van der Waals surface area (Å²) in [5, 5.41) is 5.10. The maximum Gasteiger partial charge on any atom is 0.172 e. The summed E-state index contributed by atoms with van der Waals surface area (Å²) in [5.41, 5.74) is 0.809. The van der Waals surface area contributed by atoms with Gasteiger partial charge in [-0.1, -0.05) is 24.2 Å². The van der Waals surface area contributed by atoms with Gasteiger partial charge in [0.1, 0.15) is 5.82 Å². The fourth-order valence-electron chi connectivity index (χ4n) is 2.37. The third kappa shape index (κ3) is 4.45. The summed E-state index contributed by atoms with van der Waals surface area (Å²) in [7, 11) is 0. The molecule has 0 saturated heterocycles. The van der Waals surface area contributed by atoms with Crippen LogP contribution in [0.1, 0.15) is 19.3 Å². The van der Waals surface area contributed by atoms with Gasteiger partial charge in [-0.15, -0.1) is 0 Å². The van der Waals surface area contributed by atoms with Gasteiger partial charge in [0.2, 0.25) is 0 Å². The second-order valence-electron chi connectivity index (χ2n) is 5.24. The minimum atomic E-state index is -0.231. The van der Waals surface area contributed by atoms with Crippen molar-refractivity contribution < 1.29 is 4.39 Å². The molecule has 0 amide bonds. The van der Waals surface area contributed by atoms with Crippen LogP contribution in [0.2, 0.25) is 0 Å². The van der Waals surface area contributed by atoms with E-state index in [0.717, 1.165) is 42.4 Å². The lowest BCUT2D eigenvalue weighted by Gasteiger charge is -2.07. The minimum absolute atomic E-state index is 0.231. The van der Waals surface area contributed by atoms with Crippen molar-refractivity contribution in [3.63, 3.8) is 0 Å². The number of thioether (sulfide) groups is 1. The first-order valence-corrected chi connectivity index (χ1v) is 8.71. The topological polar surface area (TPSA) is 35.6 Å². The normalized spacial score (nSPS) is 11.0. The van der Waals surface area contributed by atoms with Crippen molar-refractivity contribution in [2.75, 3.05) is 5.75 Å². The molecule has 0 aliphatic heterocycles. The van der Waals surface area contributed by atoms with Crippen molar-refractivity contribution in [1.29, 1.82) is 0 Å². The number of aryl methyl sites for hydroxylation is 1. The highest BCUT2D eigenvalue weighted by atomic mass is 32.2. The lowest BCUT2D eigenvalue weighted by Crippen LogP contribution is -1.98. The molecule has 0 atom stereocenters. The molecule has 2 aromatic heterocycles. The summed E-state index contributed by atoms with van der Waals surface area (Å²) in [6, 6.07) is 8.53. The second kappa shape index (κ2) is 7.97. The molecule has 0 unspecified atom stereocenters. The van der Waals surface area contributed by atoms with E-state index in [0.29, 0.717) is 0 Å². The van der Waals surface area contributed by atoms with E-state index in [1.807, 2.05) is 40.0 Å². The summed E-state index contributed by atoms with van der Waals surface area (Å²) < 4.78 is 17.2. The number of imidazole rings is 1. The molecule has 0 radical (unpaired) electrons. The monoisotopic (exact) mass is 330 g/mol. The average Bonchev–Trinajstić information content (AvgIpc) is 3.22. The Morgan fingerprint density at radius 1 is 1.04 bits per heavy atom. The Hall–Kier alpha value is -2.08. The van der Waals surface area contributed by atoms with Crippen LogP contribution >= 0.6 is 11.8 Å². The van der Waals surface area contributed by atoms with Gasteiger partial charge >= 0.3 is 0 Å². The molecule has 0 spiro atoms. The highest BCUT2D eigenvalue weighted by molar-refractivity contribution is 7.99. The van der Waals surface area contributed by atoms with Crippen molar-refractivity contribution in [2.45, 2.75) is 31.0 Å². The van der Waals surface area contributed by atoms with Crippen LogP contribution in [0.25, 0.3) is 5.69 Å². The number of hydrogen-bond acceptors (Lipinski definition) is 3. The average molecular weight is 330 g/mol. The SMILES string of the molecule is Fc1cccc(-n2ccnc2SCCCCCn2cccn2)c1. The van der Waals surface area contributed by atoms with E-state index in [1.54, 1.807) is 24.0 Å². The smallest absolute Gasteiger partial charge is 0.172 e. The largest absolute Gasteiger partial charge is 0.295 e. The zero-order valence-electron chi connectivity index (χ0n) is 12.8. The van der Waals surface area contributed by atoms with Crippen LogP contribution in [0.4, 0.5) is 4.39 Å². The van der Waals surface area contributed by atoms with Gasteiger partial charge in [-0.3, -0.25) is 9.25 Å². The first-order chi connectivity index (χ1) is 11.3. The number of nitrogens with zero attached hydrogens (tertiary/aromatic N) is 4. The van der Waals surface area contributed by atoms with Gasteiger partial charge in [0.25, 0.3) is 0 Å². The van der Waals surface area contributed by atoms with Crippen LogP contribution in [0.5, 0.6) is 0 Å². The Morgan fingerprint density at radius 2 is 2.00 bits per heavy atom. The number of benzene rings is 1. The first kappa shape index (κ1) is 15.8. The molecule has 0 N–H and O–H groups in total. The van der Waals surface area contributed by atoms with E-state index in [4.69, 9.17) is 0 Å². The van der Waals surface area contributed by atoms with Crippen LogP contribution in [0.3, 0.4) is 0 Å². The second-order valence-corrected chi connectivity index (χ2v) is 6.30. The molecule has 3 rings (SSSR count). The quantitative estimate of drug-likeness (QED) is 0.459. The fraction of sp³-hybridized carbons (Fsp3) is 0.294. The highest BCUT2D eigenvalue weighted by Crippen LogP contribution is 2.22. The van der Waals surface area contributed by atoms with Gasteiger partial charge in [0, 0.05) is 37.1 Å². The number of unbranched alkanes of at least 4 members (excludes halogenated alkanes) is 2. The molecule has 0 fully saturated rings. The fourth-order valence-corrected chi connectivity index (χ4v) is 3.34. The van der Waals surface area contributed by atoms with Crippen molar-refractivity contribution in [3.8, 4) is 5.69 Å². The number of halogens is 1. The van der Waals surface area contributed by atoms with E-state index in [1.165, 1.54) is 12.1 Å². The zero-order valence-corrected chi connectivity index (χ0v) is 13.6. The number of aromatic nitrogens is 4. The molecule has 1 aromatic carbocycles. The van der Waals surface area contributed by atoms with Crippen LogP contribution < -0.4 is 0 Å². The molecule has 0 bridgehead atoms. The summed E-state index contributed by atoms with van der Waals surface area (Å²) in [5.74, 6) is 0.775. The minimum Gasteiger partial charge on any atom is -0.295 e. The maximum absolute atomic E-state index is 13.4. The molecule has 120 valence electrons. The molecule has 3 aromatic rings. The predicted molar refractivity (Wildman–Crippen MR) is 90.3 cm³/mol. The highest BCUT2D eigenvalue weighted by Gasteiger charge is 2.06. The molecule has 0 saturated carbocycles. The molecule has 0 aliphatic rings. The Bertz CT molecular complexity index is 724. The summed E-state index contributed by atoms with van der Waals surface area (Å²) in [6.07, 6.45) is 10.8. The molecule has 0 aliphatic carbocycles. The van der Waals surface area contributed by atoms with E-state index in [2.05, 4.69) is 10.1 Å². The van der Waals surface area contributed by atoms with E-state index in [-0.39, 0.29) is 5.82 Å². The molecule has 4 nitrogen and oxygen atoms in total. The van der Waals surface area contributed by atoms with Crippen LogP contribution in [-0.2, 0) is 6.54 Å². The molecule has 2 heterocycles. The van der Waals surface area contributed by atoms with Crippen molar-refractivity contribution in [3.05, 3.63) is 60.9 Å². The molecular formula is C17H19FN4S. The summed E-state index contributed by atoms with van der Waals surface area (Å²) in [4.78, 5) is 4.37. The standard InChI is InChI=1S/C17H19FN4S/c18-15-6-4-7-16(14-15)22-12-9-19-17(22)23-13-3-1-2-10-21-11-5-8-20-21/h4-9,11-12,14H,1-3,10,13H2. The van der Waals surface area contributed by atoms with Gasteiger partial charge in [-0.05, 0) is 37.1 Å². The van der Waals surface area contributed by atoms with Gasteiger partial charge in [0.15, 0.2) is 5.16 Å².